The molecule has 0 amide bonds. The Kier molecular flexibility index (Phi) is 13.9. The zero-order valence-corrected chi connectivity index (χ0v) is 47.3. The first kappa shape index (κ1) is 50.2. The van der Waals surface area contributed by atoms with Crippen LogP contribution in [0.2, 0.25) is 0 Å². The molecule has 9 rings (SSSR count). The van der Waals surface area contributed by atoms with Crippen molar-refractivity contribution in [3.63, 3.8) is 0 Å². The molecule has 0 saturated carbocycles. The molecule has 9 aromatic carbocycles. The number of hydrogen-bond donors (Lipinski definition) is 0. The molecule has 0 aromatic heterocycles. The third-order valence-electron chi connectivity index (χ3n) is 15.0. The fourth-order valence-corrected chi connectivity index (χ4v) is 131. The Bertz CT molecular complexity index is 2630. The molecule has 0 unspecified atom stereocenters. The molecule has 0 N–H and O–H groups in total. The van der Waals surface area contributed by atoms with E-state index in [1.807, 2.05) is 0 Å². The van der Waals surface area contributed by atoms with Gasteiger partial charge in [0.05, 0.1) is 0 Å². The van der Waals surface area contributed by atoms with Crippen molar-refractivity contribution in [1.82, 2.24) is 0 Å². The summed E-state index contributed by atoms with van der Waals surface area (Å²) >= 11 is -6.59. The monoisotopic (exact) mass is 1080 g/mol. The van der Waals surface area contributed by atoms with Gasteiger partial charge in [0, 0.05) is 0 Å². The van der Waals surface area contributed by atoms with Crippen LogP contribution in [0.25, 0.3) is 0 Å². The average molecular weight is 1080 g/mol. The van der Waals surface area contributed by atoms with Gasteiger partial charge in [-0.05, 0) is 0 Å². The molecule has 0 fully saturated rings. The molecule has 6 heteroatoms. The van der Waals surface area contributed by atoms with Crippen LogP contribution in [-0.4, -0.2) is 9.76 Å². The number of aryl methyl sites for hydroxylation is 9. The number of rotatable bonds is 14. The van der Waals surface area contributed by atoms with E-state index in [0.29, 0.717) is 0 Å². The summed E-state index contributed by atoms with van der Waals surface area (Å²) in [5, 5.41) is 9.68. The van der Waals surface area contributed by atoms with Gasteiger partial charge in [-0.1, -0.05) is 0 Å². The SMILES string of the molecule is Cc1ccc([PH](c2ccc(C)cc2)(c2ccc(C)cc2)[Ru]([CH]=O)([CH]=O)([PH](c2ccc(C)cc2)(c2ccc(C)cc2)c2ccc(C)cc2)[PH](c2ccc(C)cc2)(c2ccc(C)cc2)c2ccc(C)cc2)cc1. The topological polar surface area (TPSA) is 34.1 Å². The molecule has 0 bridgehead atoms. The number of benzene rings is 9. The van der Waals surface area contributed by atoms with E-state index >= 15 is 9.59 Å². The molecule has 0 radical (unpaired) electrons. The van der Waals surface area contributed by atoms with E-state index in [4.69, 9.17) is 0 Å². The van der Waals surface area contributed by atoms with Gasteiger partial charge in [0.2, 0.25) is 0 Å². The van der Waals surface area contributed by atoms with Crippen LogP contribution in [0, 0.1) is 62.3 Å². The summed E-state index contributed by atoms with van der Waals surface area (Å²) in [5.74, 6) is 0. The maximum atomic E-state index is 18.0. The van der Waals surface area contributed by atoms with E-state index in [2.05, 4.69) is 281 Å². The van der Waals surface area contributed by atoms with Gasteiger partial charge in [0.25, 0.3) is 0 Å². The van der Waals surface area contributed by atoms with Gasteiger partial charge in [0.1, 0.15) is 0 Å². The molecule has 0 heterocycles. The van der Waals surface area contributed by atoms with Crippen molar-refractivity contribution in [2.45, 2.75) is 62.3 Å². The summed E-state index contributed by atoms with van der Waals surface area (Å²) in [6.07, 6.45) is 0. The second kappa shape index (κ2) is 19.7. The van der Waals surface area contributed by atoms with Gasteiger partial charge in [0.15, 0.2) is 0 Å². The van der Waals surface area contributed by atoms with Crippen LogP contribution in [0.4, 0.5) is 0 Å². The van der Waals surface area contributed by atoms with E-state index in [1.165, 1.54) is 9.76 Å². The zero-order chi connectivity index (χ0) is 50.2. The molecule has 0 atom stereocenters. The summed E-state index contributed by atoms with van der Waals surface area (Å²) in [6, 6.07) is 82.0. The van der Waals surface area contributed by atoms with E-state index in [0.717, 1.165) is 97.8 Å². The van der Waals surface area contributed by atoms with E-state index in [-0.39, 0.29) is 0 Å². The number of carbonyl (C=O) groups is 2. The molecule has 9 aromatic rings. The average Bonchev–Trinajstić information content (AvgIpc) is 3.38. The molecule has 363 valence electrons. The third-order valence-corrected chi connectivity index (χ3v) is 100. The molecular weight excluding hydrogens is 1010 g/mol. The fraction of sp³-hybridized carbons (Fsp3) is 0.138. The van der Waals surface area contributed by atoms with Crippen LogP contribution >= 0.6 is 16.8 Å². The first-order valence-electron chi connectivity index (χ1n) is 24.6. The molecule has 0 spiro atoms. The molecule has 0 saturated heterocycles. The Hall–Kier alpha value is -5.77. The molecular formula is C65H68O2P3Ru. The third kappa shape index (κ3) is 7.49. The summed E-state index contributed by atoms with van der Waals surface area (Å²) in [6.45, 7) is 19.3. The molecule has 2 nitrogen and oxygen atoms in total. The standard InChI is InChI=1S/3C21H21P.2CHO.Ru/c3*1-16-4-10-19(11-5-16)22(20-12-6-17(2)7-13-20)21-14-8-18(3)9-15-21;2*1-2;/h3*4-15H,1-3H3;2*1H;/q;;;;;-3/p+3. The van der Waals surface area contributed by atoms with E-state index in [1.54, 1.807) is 0 Å². The number of carbonyl (C=O) groups excluding carboxylic acids is 2. The zero-order valence-electron chi connectivity index (χ0n) is 42.6. The first-order valence-corrected chi connectivity index (χ1v) is 39.9. The Labute approximate surface area is 424 Å². The van der Waals surface area contributed by atoms with Crippen LogP contribution in [0.15, 0.2) is 218 Å². The van der Waals surface area contributed by atoms with Gasteiger partial charge in [-0.25, -0.2) is 0 Å². The van der Waals surface area contributed by atoms with Crippen molar-refractivity contribution in [2.75, 3.05) is 0 Å². The fourth-order valence-electron chi connectivity index (χ4n) is 11.5. The number of hydrogen-bond acceptors (Lipinski definition) is 2. The second-order valence-electron chi connectivity index (χ2n) is 19.9. The molecule has 71 heavy (non-hydrogen) atoms. The van der Waals surface area contributed by atoms with Crippen molar-refractivity contribution in [2.24, 2.45) is 0 Å². The van der Waals surface area contributed by atoms with Crippen LogP contribution in [-0.2, 0) is 21.7 Å². The molecule has 0 aliphatic heterocycles. The maximum absolute atomic E-state index is 18.0. The van der Waals surface area contributed by atoms with Crippen molar-refractivity contribution in [1.29, 1.82) is 0 Å². The van der Waals surface area contributed by atoms with Gasteiger partial charge in [-0.3, -0.25) is 0 Å². The summed E-state index contributed by atoms with van der Waals surface area (Å²) in [4.78, 5) is 39.1. The van der Waals surface area contributed by atoms with Crippen LogP contribution < -0.4 is 47.7 Å². The van der Waals surface area contributed by atoms with Crippen LogP contribution in [0.3, 0.4) is 0 Å². The van der Waals surface area contributed by atoms with E-state index in [9.17, 15) is 0 Å². The van der Waals surface area contributed by atoms with Crippen LogP contribution in [0.1, 0.15) is 50.1 Å². The van der Waals surface area contributed by atoms with Gasteiger partial charge < -0.3 is 0 Å². The predicted molar refractivity (Wildman–Crippen MR) is 316 cm³/mol. The summed E-state index contributed by atoms with van der Waals surface area (Å²) in [5.41, 5.74) is -2.87. The quantitative estimate of drug-likeness (QED) is 0.0618. The minimum absolute atomic E-state index is 1.08. The molecule has 0 aliphatic carbocycles. The van der Waals surface area contributed by atoms with Crippen LogP contribution in [0.5, 0.6) is 0 Å². The van der Waals surface area contributed by atoms with Crippen molar-refractivity contribution >= 4 is 74.3 Å². The minimum atomic E-state index is -6.59. The van der Waals surface area contributed by atoms with Crippen molar-refractivity contribution in [3.05, 3.63) is 268 Å². The Balaban J connectivity index is 1.83. The second-order valence-corrected chi connectivity index (χ2v) is 66.2. The molecule has 0 aliphatic rings. The summed E-state index contributed by atoms with van der Waals surface area (Å²) < 4.78 is 0. The van der Waals surface area contributed by atoms with Gasteiger partial charge in [-0.2, -0.15) is 0 Å². The first-order chi connectivity index (χ1) is 34.2. The Morgan fingerprint density at radius 1 is 0.211 bits per heavy atom. The predicted octanol–water partition coefficient (Wildman–Crippen LogP) is 11.8. The van der Waals surface area contributed by atoms with E-state index < -0.39 is 28.9 Å². The van der Waals surface area contributed by atoms with Gasteiger partial charge >= 0.3 is 427 Å². The summed E-state index contributed by atoms with van der Waals surface area (Å²) in [7, 11) is 0. The Morgan fingerprint density at radius 3 is 0.394 bits per heavy atom. The Morgan fingerprint density at radius 2 is 0.310 bits per heavy atom. The van der Waals surface area contributed by atoms with Gasteiger partial charge in [-0.15, -0.1) is 0 Å². The van der Waals surface area contributed by atoms with Crippen molar-refractivity contribution in [3.8, 4) is 0 Å². The normalized spacial score (nSPS) is 13.4. The van der Waals surface area contributed by atoms with Crippen molar-refractivity contribution < 1.29 is 21.7 Å².